The van der Waals surface area contributed by atoms with Gasteiger partial charge in [0.25, 0.3) is 0 Å². The van der Waals surface area contributed by atoms with Crippen molar-refractivity contribution in [3.63, 3.8) is 0 Å². The minimum Gasteiger partial charge on any atom is -0.395 e. The molecule has 32 heavy (non-hydrogen) atoms. The molecule has 5 rings (SSSR count). The van der Waals surface area contributed by atoms with Gasteiger partial charge in [0.05, 0.1) is 11.6 Å². The second-order valence-corrected chi connectivity index (χ2v) is 10.2. The molecule has 4 nitrogen and oxygen atoms in total. The van der Waals surface area contributed by atoms with Gasteiger partial charge in [-0.15, -0.1) is 0 Å². The Morgan fingerprint density at radius 3 is 2.69 bits per heavy atom. The van der Waals surface area contributed by atoms with Gasteiger partial charge in [-0.3, -0.25) is 9.69 Å². The van der Waals surface area contributed by atoms with Crippen LogP contribution in [-0.2, 0) is 10.3 Å². The summed E-state index contributed by atoms with van der Waals surface area (Å²) in [7, 11) is 0. The number of aliphatic hydroxyl groups is 1. The summed E-state index contributed by atoms with van der Waals surface area (Å²) in [5.74, 6) is -0.720. The van der Waals surface area contributed by atoms with Crippen molar-refractivity contribution in [2.24, 2.45) is 5.92 Å². The second-order valence-electron chi connectivity index (χ2n) is 9.33. The Bertz CT molecular complexity index is 1040. The van der Waals surface area contributed by atoms with Gasteiger partial charge in [-0.1, -0.05) is 60.7 Å². The van der Waals surface area contributed by atoms with Crippen molar-refractivity contribution in [2.75, 3.05) is 18.5 Å². The summed E-state index contributed by atoms with van der Waals surface area (Å²) in [6.45, 7) is 0.600. The number of carbonyl (C=O) groups excluding carboxylic acids is 1. The molecule has 2 aromatic carbocycles. The lowest BCUT2D eigenvalue weighted by Crippen LogP contribution is -2.54. The van der Waals surface area contributed by atoms with Gasteiger partial charge in [-0.25, -0.2) is 4.39 Å². The summed E-state index contributed by atoms with van der Waals surface area (Å²) in [6.07, 6.45) is 6.28. The van der Waals surface area contributed by atoms with E-state index in [1.807, 2.05) is 6.07 Å². The molecule has 170 valence electrons. The summed E-state index contributed by atoms with van der Waals surface area (Å²) in [4.78, 5) is 16.0. The van der Waals surface area contributed by atoms with Crippen LogP contribution in [0.5, 0.6) is 0 Å². The Hall–Kier alpha value is -1.66. The quantitative estimate of drug-likeness (QED) is 0.593. The van der Waals surface area contributed by atoms with Gasteiger partial charge in [0.1, 0.15) is 11.4 Å². The summed E-state index contributed by atoms with van der Waals surface area (Å²) in [6, 6.07) is 10.1. The number of anilines is 1. The maximum atomic E-state index is 15.3. The van der Waals surface area contributed by atoms with E-state index in [-0.39, 0.29) is 23.6 Å². The number of halogens is 3. The maximum absolute atomic E-state index is 15.3. The average molecular weight is 477 g/mol. The van der Waals surface area contributed by atoms with E-state index < -0.39 is 17.3 Å². The molecule has 1 amide bonds. The molecule has 0 aromatic heterocycles. The lowest BCUT2D eigenvalue weighted by molar-refractivity contribution is -0.128. The number of hydrogen-bond donors (Lipinski definition) is 2. The number of hydrogen-bond acceptors (Lipinski definition) is 3. The topological polar surface area (TPSA) is 52.6 Å². The second kappa shape index (κ2) is 8.60. The number of nitrogens with one attached hydrogen (secondary N) is 1. The van der Waals surface area contributed by atoms with Crippen LogP contribution in [-0.4, -0.2) is 35.1 Å². The van der Waals surface area contributed by atoms with Crippen molar-refractivity contribution in [1.29, 1.82) is 0 Å². The monoisotopic (exact) mass is 476 g/mol. The number of rotatable bonds is 4. The molecule has 0 bridgehead atoms. The normalized spacial score (nSPS) is 28.3. The molecule has 3 atom stereocenters. The highest BCUT2D eigenvalue weighted by molar-refractivity contribution is 6.31. The molecule has 3 aliphatic rings. The van der Waals surface area contributed by atoms with Crippen molar-refractivity contribution in [3.8, 4) is 0 Å². The van der Waals surface area contributed by atoms with Crippen LogP contribution in [0.2, 0.25) is 10.0 Å². The lowest BCUT2D eigenvalue weighted by atomic mass is 9.75. The van der Waals surface area contributed by atoms with Gasteiger partial charge in [0, 0.05) is 34.8 Å². The standard InChI is InChI=1S/C25H27Cl2FN2O2/c26-16-9-10-19-22(11-16)29-24(32)25(19)20(18-7-4-8-21(27)23(18)28)12-17(14-31)30(25)13-15-5-2-1-3-6-15/h4,7-11,15,17,20,31H,1-3,5-6,12-14H2,(H,29,32)/t17-,20-,25-/m1/s1. The van der Waals surface area contributed by atoms with Crippen LogP contribution < -0.4 is 5.32 Å². The molecule has 2 aliphatic heterocycles. The van der Waals surface area contributed by atoms with Crippen LogP contribution in [0.4, 0.5) is 10.1 Å². The summed E-state index contributed by atoms with van der Waals surface area (Å²) in [5, 5.41) is 13.9. The molecule has 2 fully saturated rings. The predicted octanol–water partition coefficient (Wildman–Crippen LogP) is 5.71. The minimum absolute atomic E-state index is 0.0404. The average Bonchev–Trinajstić information content (AvgIpc) is 3.26. The molecule has 2 heterocycles. The largest absolute Gasteiger partial charge is 0.395 e. The van der Waals surface area contributed by atoms with Gasteiger partial charge in [-0.2, -0.15) is 0 Å². The number of fused-ring (bicyclic) bond motifs is 2. The zero-order chi connectivity index (χ0) is 22.5. The molecule has 7 heteroatoms. The highest BCUT2D eigenvalue weighted by Gasteiger charge is 2.63. The number of aliphatic hydroxyl groups excluding tert-OH is 1. The van der Waals surface area contributed by atoms with E-state index in [4.69, 9.17) is 23.2 Å². The van der Waals surface area contributed by atoms with E-state index in [1.54, 1.807) is 24.3 Å². The fraction of sp³-hybridized carbons (Fsp3) is 0.480. The zero-order valence-corrected chi connectivity index (χ0v) is 19.3. The Morgan fingerprint density at radius 1 is 1.16 bits per heavy atom. The summed E-state index contributed by atoms with van der Waals surface area (Å²) >= 11 is 12.4. The van der Waals surface area contributed by atoms with Crippen LogP contribution >= 0.6 is 23.2 Å². The van der Waals surface area contributed by atoms with Crippen molar-refractivity contribution in [3.05, 3.63) is 63.4 Å². The Balaban J connectivity index is 1.69. The minimum atomic E-state index is -1.11. The summed E-state index contributed by atoms with van der Waals surface area (Å²) in [5.41, 5.74) is 0.751. The third-order valence-electron chi connectivity index (χ3n) is 7.64. The first kappa shape index (κ1) is 22.1. The van der Waals surface area contributed by atoms with E-state index in [9.17, 15) is 9.90 Å². The fourth-order valence-electron chi connectivity index (χ4n) is 6.24. The molecule has 2 N–H and O–H groups in total. The first-order valence-corrected chi connectivity index (χ1v) is 12.2. The van der Waals surface area contributed by atoms with Crippen LogP contribution in [0.25, 0.3) is 0 Å². The van der Waals surface area contributed by atoms with Crippen LogP contribution in [0.1, 0.15) is 55.6 Å². The van der Waals surface area contributed by atoms with E-state index in [0.717, 1.165) is 18.4 Å². The highest BCUT2D eigenvalue weighted by atomic mass is 35.5. The number of nitrogens with zero attached hydrogens (tertiary/aromatic N) is 1. The SMILES string of the molecule is O=C1Nc2cc(Cl)ccc2[C@@]12[C@@H](c1cccc(Cl)c1F)C[C@H](CO)N2CC1CCCCC1. The van der Waals surface area contributed by atoms with Gasteiger partial charge < -0.3 is 10.4 Å². The zero-order valence-electron chi connectivity index (χ0n) is 17.8. The van der Waals surface area contributed by atoms with Gasteiger partial charge >= 0.3 is 0 Å². The van der Waals surface area contributed by atoms with Crippen LogP contribution in [0.3, 0.4) is 0 Å². The highest BCUT2D eigenvalue weighted by Crippen LogP contribution is 2.58. The first-order valence-electron chi connectivity index (χ1n) is 11.4. The van der Waals surface area contributed by atoms with Crippen molar-refractivity contribution in [2.45, 2.75) is 56.0 Å². The maximum Gasteiger partial charge on any atom is 0.250 e. The van der Waals surface area contributed by atoms with E-state index in [2.05, 4.69) is 10.2 Å². The van der Waals surface area contributed by atoms with E-state index in [0.29, 0.717) is 35.2 Å². The number of benzene rings is 2. The van der Waals surface area contributed by atoms with Gasteiger partial charge in [0.15, 0.2) is 0 Å². The van der Waals surface area contributed by atoms with Crippen LogP contribution in [0, 0.1) is 11.7 Å². The molecule has 1 saturated carbocycles. The van der Waals surface area contributed by atoms with Gasteiger partial charge in [-0.05, 0) is 48.9 Å². The predicted molar refractivity (Wildman–Crippen MR) is 125 cm³/mol. The molecular formula is C25H27Cl2FN2O2. The molecule has 0 unspecified atom stereocenters. The third kappa shape index (κ3) is 3.37. The lowest BCUT2D eigenvalue weighted by Gasteiger charge is -2.42. The van der Waals surface area contributed by atoms with E-state index in [1.165, 1.54) is 25.3 Å². The summed E-state index contributed by atoms with van der Waals surface area (Å²) < 4.78 is 15.3. The molecule has 0 radical (unpaired) electrons. The molecule has 2 aromatic rings. The smallest absolute Gasteiger partial charge is 0.250 e. The number of likely N-dealkylation sites (tertiary alicyclic amines) is 1. The molecule has 1 aliphatic carbocycles. The Kier molecular flexibility index (Phi) is 5.95. The Labute approximate surface area is 197 Å². The fourth-order valence-corrected chi connectivity index (χ4v) is 6.59. The van der Waals surface area contributed by atoms with Crippen molar-refractivity contribution >= 4 is 34.8 Å². The number of carbonyl (C=O) groups is 1. The molecule has 1 spiro atoms. The van der Waals surface area contributed by atoms with Crippen molar-refractivity contribution < 1.29 is 14.3 Å². The van der Waals surface area contributed by atoms with Gasteiger partial charge in [0.2, 0.25) is 5.91 Å². The molecule has 1 saturated heterocycles. The van der Waals surface area contributed by atoms with Crippen LogP contribution in [0.15, 0.2) is 36.4 Å². The third-order valence-corrected chi connectivity index (χ3v) is 8.17. The van der Waals surface area contributed by atoms with E-state index >= 15 is 4.39 Å². The first-order chi connectivity index (χ1) is 15.5. The van der Waals surface area contributed by atoms with Crippen molar-refractivity contribution in [1.82, 2.24) is 4.90 Å². The molecular weight excluding hydrogens is 450 g/mol. The number of amides is 1. The Morgan fingerprint density at radius 2 is 1.94 bits per heavy atom.